The van der Waals surface area contributed by atoms with E-state index in [-0.39, 0.29) is 0 Å². The highest BCUT2D eigenvalue weighted by Gasteiger charge is 2.24. The van der Waals surface area contributed by atoms with Crippen molar-refractivity contribution in [2.45, 2.75) is 25.4 Å². The molecule has 5 rings (SSSR count). The number of hydrogen-bond acceptors (Lipinski definition) is 4. The number of rotatable bonds is 6. The van der Waals surface area contributed by atoms with Crippen molar-refractivity contribution in [3.63, 3.8) is 0 Å². The number of aromatic amines is 1. The van der Waals surface area contributed by atoms with Crippen LogP contribution in [0.25, 0.3) is 32.2 Å². The first-order chi connectivity index (χ1) is 14.3. The lowest BCUT2D eigenvalue weighted by atomic mass is 10.1. The highest BCUT2D eigenvalue weighted by Crippen LogP contribution is 2.34. The maximum Gasteiger partial charge on any atom is 0.148 e. The molecule has 148 valence electrons. The first kappa shape index (κ1) is 18.6. The second-order valence-electron chi connectivity index (χ2n) is 7.69. The Labute approximate surface area is 175 Å². The van der Waals surface area contributed by atoms with Crippen LogP contribution in [0.5, 0.6) is 0 Å². The topological polar surface area (TPSA) is 41.1 Å². The Balaban J connectivity index is 1.31. The summed E-state index contributed by atoms with van der Waals surface area (Å²) in [4.78, 5) is 13.1. The molecule has 0 amide bonds. The second-order valence-corrected chi connectivity index (χ2v) is 8.77. The van der Waals surface area contributed by atoms with Crippen LogP contribution in [0.3, 0.4) is 0 Å². The van der Waals surface area contributed by atoms with Gasteiger partial charge in [-0.2, -0.15) is 0 Å². The zero-order valence-electron chi connectivity index (χ0n) is 16.6. The number of nitrogens with one attached hydrogen (secondary N) is 1. The SMILES string of the molecule is COC[C@H]1CCCN1Cc1ccc(-c2ccc(-c3nc4ccccc4[nH]3)s2)cc1. The van der Waals surface area contributed by atoms with E-state index < -0.39 is 0 Å². The molecule has 0 bridgehead atoms. The molecule has 0 spiro atoms. The lowest BCUT2D eigenvalue weighted by Gasteiger charge is -2.23. The largest absolute Gasteiger partial charge is 0.383 e. The van der Waals surface area contributed by atoms with E-state index in [4.69, 9.17) is 9.72 Å². The summed E-state index contributed by atoms with van der Waals surface area (Å²) < 4.78 is 5.38. The molecule has 0 aliphatic carbocycles. The zero-order valence-corrected chi connectivity index (χ0v) is 17.4. The van der Waals surface area contributed by atoms with Crippen molar-refractivity contribution >= 4 is 22.4 Å². The molecule has 4 aromatic rings. The van der Waals surface area contributed by atoms with Crippen molar-refractivity contribution in [1.82, 2.24) is 14.9 Å². The van der Waals surface area contributed by atoms with Gasteiger partial charge < -0.3 is 9.72 Å². The van der Waals surface area contributed by atoms with E-state index in [9.17, 15) is 0 Å². The number of methoxy groups -OCH3 is 1. The number of para-hydroxylation sites is 2. The van der Waals surface area contributed by atoms with Gasteiger partial charge in [0.15, 0.2) is 0 Å². The van der Waals surface area contributed by atoms with Crippen molar-refractivity contribution in [3.8, 4) is 21.1 Å². The molecule has 1 aliphatic heterocycles. The molecule has 4 nitrogen and oxygen atoms in total. The van der Waals surface area contributed by atoms with Gasteiger partial charge in [0.05, 0.1) is 22.5 Å². The zero-order chi connectivity index (χ0) is 19.6. The van der Waals surface area contributed by atoms with Crippen molar-refractivity contribution in [1.29, 1.82) is 0 Å². The number of hydrogen-bond donors (Lipinski definition) is 1. The number of H-pyrrole nitrogens is 1. The molecule has 1 N–H and O–H groups in total. The van der Waals surface area contributed by atoms with Crippen LogP contribution in [0.15, 0.2) is 60.7 Å². The maximum atomic E-state index is 5.38. The Morgan fingerprint density at radius 3 is 2.72 bits per heavy atom. The monoisotopic (exact) mass is 403 g/mol. The van der Waals surface area contributed by atoms with Gasteiger partial charge in [0.25, 0.3) is 0 Å². The van der Waals surface area contributed by atoms with E-state index in [2.05, 4.69) is 52.3 Å². The Bertz CT molecular complexity index is 1070. The molecule has 0 radical (unpaired) electrons. The number of benzene rings is 2. The smallest absolute Gasteiger partial charge is 0.148 e. The molecule has 2 aromatic heterocycles. The summed E-state index contributed by atoms with van der Waals surface area (Å²) >= 11 is 1.78. The van der Waals surface area contributed by atoms with Gasteiger partial charge in [0.1, 0.15) is 5.82 Å². The van der Waals surface area contributed by atoms with E-state index in [0.717, 1.165) is 30.0 Å². The molecule has 3 heterocycles. The molecule has 1 atom stereocenters. The number of thiophene rings is 1. The normalized spacial score (nSPS) is 17.3. The van der Waals surface area contributed by atoms with Crippen LogP contribution in [0.2, 0.25) is 0 Å². The molecule has 1 fully saturated rings. The molecule has 0 saturated carbocycles. The van der Waals surface area contributed by atoms with Gasteiger partial charge in [0.2, 0.25) is 0 Å². The standard InChI is InChI=1S/C24H25N3OS/c1-28-16-19-5-4-14-27(19)15-17-8-10-18(11-9-17)22-12-13-23(29-22)24-25-20-6-2-3-7-21(20)26-24/h2-3,6-13,19H,4-5,14-16H2,1H3,(H,25,26)/t19-/m1/s1. The number of aromatic nitrogens is 2. The van der Waals surface area contributed by atoms with E-state index in [0.29, 0.717) is 6.04 Å². The van der Waals surface area contributed by atoms with Crippen LogP contribution in [-0.2, 0) is 11.3 Å². The molecule has 2 aromatic carbocycles. The first-order valence-electron chi connectivity index (χ1n) is 10.2. The Morgan fingerprint density at radius 2 is 1.90 bits per heavy atom. The van der Waals surface area contributed by atoms with E-state index in [1.807, 2.05) is 18.2 Å². The van der Waals surface area contributed by atoms with Gasteiger partial charge >= 0.3 is 0 Å². The average Bonchev–Trinajstić information content (AvgIpc) is 3.48. The minimum atomic E-state index is 0.559. The third-order valence-corrected chi connectivity index (χ3v) is 6.85. The molecular weight excluding hydrogens is 378 g/mol. The minimum Gasteiger partial charge on any atom is -0.383 e. The number of likely N-dealkylation sites (tertiary alicyclic amines) is 1. The van der Waals surface area contributed by atoms with Gasteiger partial charge in [-0.1, -0.05) is 36.4 Å². The van der Waals surface area contributed by atoms with E-state index in [1.165, 1.54) is 40.3 Å². The second kappa shape index (κ2) is 8.11. The summed E-state index contributed by atoms with van der Waals surface area (Å²) in [7, 11) is 1.80. The van der Waals surface area contributed by atoms with Crippen LogP contribution in [0, 0.1) is 0 Å². The predicted octanol–water partition coefficient (Wildman–Crippen LogP) is 5.57. The third-order valence-electron chi connectivity index (χ3n) is 5.71. The summed E-state index contributed by atoms with van der Waals surface area (Å²) in [5.74, 6) is 0.942. The summed E-state index contributed by atoms with van der Waals surface area (Å²) in [5.41, 5.74) is 4.72. The highest BCUT2D eigenvalue weighted by molar-refractivity contribution is 7.18. The van der Waals surface area contributed by atoms with Gasteiger partial charge in [-0.05, 0) is 54.8 Å². The number of imidazole rings is 1. The van der Waals surface area contributed by atoms with Crippen molar-refractivity contribution in [2.24, 2.45) is 0 Å². The fourth-order valence-corrected chi connectivity index (χ4v) is 5.14. The molecular formula is C24H25N3OS. The van der Waals surface area contributed by atoms with Gasteiger partial charge in [-0.25, -0.2) is 4.98 Å². The molecule has 1 aliphatic rings. The Kier molecular flexibility index (Phi) is 5.19. The van der Waals surface area contributed by atoms with Crippen LogP contribution >= 0.6 is 11.3 Å². The van der Waals surface area contributed by atoms with Gasteiger partial charge in [0, 0.05) is 24.6 Å². The van der Waals surface area contributed by atoms with Crippen molar-refractivity contribution in [2.75, 3.05) is 20.3 Å². The maximum absolute atomic E-state index is 5.38. The third kappa shape index (κ3) is 3.86. The van der Waals surface area contributed by atoms with Crippen LogP contribution < -0.4 is 0 Å². The number of fused-ring (bicyclic) bond motifs is 1. The molecule has 1 saturated heterocycles. The van der Waals surface area contributed by atoms with Crippen molar-refractivity contribution in [3.05, 3.63) is 66.2 Å². The summed E-state index contributed by atoms with van der Waals surface area (Å²) in [6.07, 6.45) is 2.51. The first-order valence-corrected chi connectivity index (χ1v) is 11.0. The number of nitrogens with zero attached hydrogens (tertiary/aromatic N) is 2. The summed E-state index contributed by atoms with van der Waals surface area (Å²) in [5, 5.41) is 0. The summed E-state index contributed by atoms with van der Waals surface area (Å²) in [6, 6.07) is 22.1. The minimum absolute atomic E-state index is 0.559. The fourth-order valence-electron chi connectivity index (χ4n) is 4.18. The summed E-state index contributed by atoms with van der Waals surface area (Å²) in [6.45, 7) is 3.00. The fraction of sp³-hybridized carbons (Fsp3) is 0.292. The van der Waals surface area contributed by atoms with Crippen LogP contribution in [0.4, 0.5) is 0 Å². The molecule has 5 heteroatoms. The Hall–Kier alpha value is -2.47. The lowest BCUT2D eigenvalue weighted by molar-refractivity contribution is 0.112. The van der Waals surface area contributed by atoms with E-state index in [1.54, 1.807) is 18.4 Å². The van der Waals surface area contributed by atoms with Gasteiger partial charge in [-0.3, -0.25) is 4.90 Å². The molecule has 0 unspecified atom stereocenters. The highest BCUT2D eigenvalue weighted by atomic mass is 32.1. The lowest BCUT2D eigenvalue weighted by Crippen LogP contribution is -2.32. The van der Waals surface area contributed by atoms with Crippen molar-refractivity contribution < 1.29 is 4.74 Å². The van der Waals surface area contributed by atoms with Crippen LogP contribution in [0.1, 0.15) is 18.4 Å². The molecule has 29 heavy (non-hydrogen) atoms. The van der Waals surface area contributed by atoms with E-state index >= 15 is 0 Å². The Morgan fingerprint density at radius 1 is 1.07 bits per heavy atom. The number of ether oxygens (including phenoxy) is 1. The predicted molar refractivity (Wildman–Crippen MR) is 120 cm³/mol. The average molecular weight is 404 g/mol. The van der Waals surface area contributed by atoms with Gasteiger partial charge in [-0.15, -0.1) is 11.3 Å². The quantitative estimate of drug-likeness (QED) is 0.458. The van der Waals surface area contributed by atoms with Crippen LogP contribution in [-0.4, -0.2) is 41.2 Å².